The summed E-state index contributed by atoms with van der Waals surface area (Å²) in [4.78, 5) is 45.6. The maximum absolute atomic E-state index is 12.3. The molecule has 7 heterocycles. The van der Waals surface area contributed by atoms with E-state index in [4.69, 9.17) is 77.8 Å². The highest BCUT2D eigenvalue weighted by Crippen LogP contribution is 2.53. The number of aliphatic hydroxyl groups excluding tert-OH is 2. The zero-order chi connectivity index (χ0) is 32.7. The van der Waals surface area contributed by atoms with Crippen molar-refractivity contribution in [1.82, 2.24) is 39.0 Å². The third kappa shape index (κ3) is 5.65. The minimum absolute atomic E-state index is 0.0286. The molecule has 3 saturated heterocycles. The van der Waals surface area contributed by atoms with E-state index in [1.807, 2.05) is 0 Å². The Morgan fingerprint density at radius 2 is 1.20 bits per heavy atom. The average Bonchev–Trinajstić information content (AvgIpc) is 3.72. The zero-order valence-electron chi connectivity index (χ0n) is 23.1. The Balaban J connectivity index is 1.18. The average molecular weight is 710 g/mol. The molecule has 26 heteroatoms. The predicted octanol–water partition coefficient (Wildman–Crippen LogP) is -2.46. The number of anilines is 2. The molecule has 0 aromatic carbocycles. The molecular formula is C20H22B2N10O10P2S2. The number of rotatable bonds is 2. The Bertz CT molecular complexity index is 1920. The minimum atomic E-state index is -3.68. The normalized spacial score (nSPS) is 37.1. The molecule has 10 atom stereocenters. The van der Waals surface area contributed by atoms with Crippen LogP contribution in [0.4, 0.5) is 11.9 Å². The molecule has 4 aromatic rings. The third-order valence-corrected chi connectivity index (χ3v) is 10.7. The molecule has 20 nitrogen and oxygen atoms in total. The van der Waals surface area contributed by atoms with Gasteiger partial charge in [-0.2, -0.15) is 9.97 Å². The number of imidazole rings is 2. The van der Waals surface area contributed by atoms with Gasteiger partial charge in [-0.1, -0.05) is 0 Å². The van der Waals surface area contributed by atoms with Gasteiger partial charge in [-0.05, 0) is 23.6 Å². The van der Waals surface area contributed by atoms with E-state index in [-0.39, 0.29) is 47.4 Å². The second-order valence-corrected chi connectivity index (χ2v) is 16.6. The van der Waals surface area contributed by atoms with Crippen molar-refractivity contribution in [3.8, 4) is 0 Å². The Labute approximate surface area is 269 Å². The van der Waals surface area contributed by atoms with Gasteiger partial charge in [-0.3, -0.25) is 28.7 Å². The summed E-state index contributed by atoms with van der Waals surface area (Å²) in [5.74, 6) is -0.366. The van der Waals surface area contributed by atoms with Crippen LogP contribution >= 0.6 is 12.7 Å². The lowest BCUT2D eigenvalue weighted by Gasteiger charge is -2.33. The summed E-state index contributed by atoms with van der Waals surface area (Å²) in [6, 6.07) is 0. The Kier molecular flexibility index (Phi) is 8.02. The van der Waals surface area contributed by atoms with E-state index in [9.17, 15) is 19.8 Å². The van der Waals surface area contributed by atoms with Gasteiger partial charge >= 0.3 is 0 Å². The Morgan fingerprint density at radius 1 is 0.804 bits per heavy atom. The van der Waals surface area contributed by atoms with Crippen LogP contribution in [0.3, 0.4) is 0 Å². The maximum Gasteiger partial charge on any atom is 0.280 e. The molecule has 240 valence electrons. The lowest BCUT2D eigenvalue weighted by Crippen LogP contribution is -2.39. The molecule has 0 aliphatic carbocycles. The fourth-order valence-electron chi connectivity index (χ4n) is 5.44. The molecule has 0 amide bonds. The fourth-order valence-corrected chi connectivity index (χ4v) is 8.43. The number of nitrogens with two attached hydrogens (primary N) is 2. The summed E-state index contributed by atoms with van der Waals surface area (Å²) in [6.07, 6.45) is -15.0. The van der Waals surface area contributed by atoms with Crippen LogP contribution in [-0.4, -0.2) is 114 Å². The van der Waals surface area contributed by atoms with E-state index in [1.165, 1.54) is 21.8 Å². The molecule has 3 aliphatic heterocycles. The topological polar surface area (TPSA) is 275 Å². The molecule has 4 radical (unpaired) electrons. The lowest BCUT2D eigenvalue weighted by molar-refractivity contribution is -0.0530. The van der Waals surface area contributed by atoms with Crippen molar-refractivity contribution >= 4 is 85.7 Å². The molecule has 3 aliphatic rings. The largest absolute Gasteiger partial charge is 0.386 e. The molecule has 7 rings (SSSR count). The van der Waals surface area contributed by atoms with Crippen LogP contribution in [-0.2, 0) is 51.2 Å². The first-order valence-corrected chi connectivity index (χ1v) is 18.7. The number of nitrogens with one attached hydrogen (secondary N) is 2. The fraction of sp³-hybridized carbons (Fsp3) is 0.500. The molecule has 0 saturated carbocycles. The summed E-state index contributed by atoms with van der Waals surface area (Å²) in [5.41, 5.74) is 10.2. The summed E-state index contributed by atoms with van der Waals surface area (Å²) in [6.45, 7) is -0.778. The SMILES string of the molecule is [B]P1(=S)OC[C@H]2O[C@@H](n3cnc4c(=O)[nH]c(N)nc43)C(O)[C@H]2OP([B])(=S)OC[C@H]2O[C@@H](n3cnc4c(=O)[nH]c(N)nc43)[C@@H](O)C2O1. The van der Waals surface area contributed by atoms with Crippen LogP contribution in [0.5, 0.6) is 0 Å². The number of nitrogen functional groups attached to an aromatic ring is 2. The van der Waals surface area contributed by atoms with Gasteiger partial charge in [0.05, 0.1) is 25.9 Å². The number of aromatic nitrogens is 8. The van der Waals surface area contributed by atoms with Gasteiger partial charge in [-0.25, -0.2) is 9.97 Å². The Morgan fingerprint density at radius 3 is 1.59 bits per heavy atom. The second kappa shape index (κ2) is 11.5. The molecule has 0 bridgehead atoms. The first-order valence-electron chi connectivity index (χ1n) is 13.3. The monoisotopic (exact) mass is 710 g/mol. The molecule has 46 heavy (non-hydrogen) atoms. The quantitative estimate of drug-likeness (QED) is 0.0929. The van der Waals surface area contributed by atoms with Gasteiger partial charge in [0.15, 0.2) is 49.9 Å². The maximum atomic E-state index is 12.3. The van der Waals surface area contributed by atoms with Crippen LogP contribution in [0, 0.1) is 0 Å². The van der Waals surface area contributed by atoms with Gasteiger partial charge in [0.2, 0.25) is 11.9 Å². The highest BCUT2D eigenvalue weighted by atomic mass is 32.5. The lowest BCUT2D eigenvalue weighted by atomic mass is 10.1. The highest BCUT2D eigenvalue weighted by molar-refractivity contribution is 8.21. The summed E-state index contributed by atoms with van der Waals surface area (Å²) < 4.78 is 38.2. The van der Waals surface area contributed by atoms with Crippen LogP contribution in [0.2, 0.25) is 0 Å². The summed E-state index contributed by atoms with van der Waals surface area (Å²) >= 11 is 10.9. The van der Waals surface area contributed by atoms with Crippen LogP contribution in [0.15, 0.2) is 22.2 Å². The van der Waals surface area contributed by atoms with Crippen molar-refractivity contribution in [2.75, 3.05) is 24.7 Å². The highest BCUT2D eigenvalue weighted by Gasteiger charge is 2.51. The van der Waals surface area contributed by atoms with E-state index in [0.29, 0.717) is 0 Å². The van der Waals surface area contributed by atoms with Crippen molar-refractivity contribution in [1.29, 1.82) is 0 Å². The molecular weight excluding hydrogens is 688 g/mol. The van der Waals surface area contributed by atoms with E-state index >= 15 is 0 Å². The first kappa shape index (κ1) is 32.0. The number of fused-ring (bicyclic) bond motifs is 4. The van der Waals surface area contributed by atoms with Crippen molar-refractivity contribution in [3.63, 3.8) is 0 Å². The summed E-state index contributed by atoms with van der Waals surface area (Å²) in [7, 11) is 12.6. The van der Waals surface area contributed by atoms with Gasteiger partial charge in [0.25, 0.3) is 11.1 Å². The second-order valence-electron chi connectivity index (χ2n) is 10.5. The van der Waals surface area contributed by atoms with Crippen molar-refractivity contribution in [2.24, 2.45) is 0 Å². The minimum Gasteiger partial charge on any atom is -0.386 e. The molecule has 3 fully saturated rings. The van der Waals surface area contributed by atoms with E-state index in [2.05, 4.69) is 29.9 Å². The van der Waals surface area contributed by atoms with E-state index < -0.39 is 72.9 Å². The number of hydrogen-bond acceptors (Lipinski definition) is 18. The van der Waals surface area contributed by atoms with Crippen molar-refractivity contribution < 1.29 is 37.8 Å². The van der Waals surface area contributed by atoms with Crippen molar-refractivity contribution in [2.45, 2.75) is 49.1 Å². The number of aromatic amines is 2. The number of H-pyrrole nitrogens is 2. The smallest absolute Gasteiger partial charge is 0.280 e. The molecule has 4 aromatic heterocycles. The first-order chi connectivity index (χ1) is 21.7. The Hall–Kier alpha value is -2.59. The van der Waals surface area contributed by atoms with E-state index in [0.717, 1.165) is 0 Å². The van der Waals surface area contributed by atoms with Gasteiger partial charge in [0, 0.05) is 0 Å². The van der Waals surface area contributed by atoms with E-state index in [1.54, 1.807) is 0 Å². The van der Waals surface area contributed by atoms with Crippen LogP contribution in [0.1, 0.15) is 12.5 Å². The van der Waals surface area contributed by atoms with Gasteiger partial charge in [-0.15, -0.1) is 0 Å². The predicted molar refractivity (Wildman–Crippen MR) is 167 cm³/mol. The summed E-state index contributed by atoms with van der Waals surface area (Å²) in [5, 5.41) is 22.7. The van der Waals surface area contributed by atoms with Crippen molar-refractivity contribution in [3.05, 3.63) is 33.4 Å². The third-order valence-electron chi connectivity index (χ3n) is 7.44. The molecule has 8 N–H and O–H groups in total. The molecule has 0 spiro atoms. The van der Waals surface area contributed by atoms with Gasteiger partial charge in [0.1, 0.15) is 49.4 Å². The number of hydrogen-bond donors (Lipinski definition) is 6. The van der Waals surface area contributed by atoms with Gasteiger partial charge < -0.3 is 49.2 Å². The standard InChI is InChI=1S/C20H22B2N10O10P2S2/c21-43(45)37-1-5-11(9(33)17(39-5)31-3-25-7-13(31)27-19(23)29-15(7)35)41-44(22,46)38-2-6-12(42-43)10(34)18(40-6)32-4-26-8-14(32)28-20(24)30-16(8)36/h3-6,9-12,17-18,33-34H,1-2H2,(H3,23,27,29,35)(H3,24,28,30,36)/t5-,6-,9+,10?,11?,12+,17-,18-,43?,44?/m1/s1. The number of ether oxygens (including phenoxy) is 2. The van der Waals surface area contributed by atoms with Crippen LogP contribution < -0.4 is 22.6 Å². The number of aliphatic hydroxyl groups is 2. The number of nitrogens with zero attached hydrogens (tertiary/aromatic N) is 6. The zero-order valence-corrected chi connectivity index (χ0v) is 26.5. The molecule has 4 unspecified atom stereocenters. The van der Waals surface area contributed by atoms with Crippen LogP contribution in [0.25, 0.3) is 22.3 Å².